The number of carbonyl (C=O) groups is 1. The van der Waals surface area contributed by atoms with Gasteiger partial charge in [0.15, 0.2) is 17.4 Å². The summed E-state index contributed by atoms with van der Waals surface area (Å²) < 4.78 is 33.6. The summed E-state index contributed by atoms with van der Waals surface area (Å²) in [6.45, 7) is 1.57. The number of hydrogen-bond donors (Lipinski definition) is 1. The monoisotopic (exact) mass is 485 g/mol. The maximum Gasteiger partial charge on any atom is 0.226 e. The Labute approximate surface area is 202 Å². The van der Waals surface area contributed by atoms with Crippen LogP contribution >= 0.6 is 11.6 Å². The van der Waals surface area contributed by atoms with Crippen LogP contribution in [0.4, 0.5) is 8.78 Å². The van der Waals surface area contributed by atoms with Gasteiger partial charge in [-0.25, -0.2) is 8.78 Å². The van der Waals surface area contributed by atoms with Gasteiger partial charge in [-0.2, -0.15) is 0 Å². The fourth-order valence-electron chi connectivity index (χ4n) is 4.23. The number of halogens is 3. The van der Waals surface area contributed by atoms with Crippen molar-refractivity contribution in [1.29, 1.82) is 0 Å². The molecule has 0 saturated carbocycles. The molecule has 2 heterocycles. The molecule has 1 aromatic heterocycles. The summed E-state index contributed by atoms with van der Waals surface area (Å²) in [5.41, 5.74) is 1.52. The number of amides is 1. The first-order chi connectivity index (χ1) is 16.5. The van der Waals surface area contributed by atoms with Crippen LogP contribution in [0.25, 0.3) is 0 Å². The Hall–Kier alpha value is -3.03. The van der Waals surface area contributed by atoms with Crippen LogP contribution in [-0.4, -0.2) is 42.0 Å². The summed E-state index contributed by atoms with van der Waals surface area (Å²) in [5.74, 6) is -2.21. The van der Waals surface area contributed by atoms with E-state index in [4.69, 9.17) is 16.3 Å². The number of pyridine rings is 1. The predicted molar refractivity (Wildman–Crippen MR) is 127 cm³/mol. The molecule has 1 aliphatic heterocycles. The lowest BCUT2D eigenvalue weighted by Crippen LogP contribution is -2.45. The van der Waals surface area contributed by atoms with Crippen LogP contribution in [0, 0.1) is 17.6 Å². The van der Waals surface area contributed by atoms with Crippen LogP contribution in [0.5, 0.6) is 5.75 Å². The van der Waals surface area contributed by atoms with E-state index in [0.717, 1.165) is 30.8 Å². The molecular formula is C26H26ClF2N3O2. The number of ether oxygens (including phenoxy) is 1. The minimum absolute atomic E-state index is 0.0373. The Morgan fingerprint density at radius 3 is 2.41 bits per heavy atom. The third-order valence-electron chi connectivity index (χ3n) is 5.93. The SMILES string of the molecule is O=C(C1CCNCC1)N(CCOc1c(F)cccc1F)[C@H](c1ccc(Cl)cc1)c1ccccn1. The molecule has 5 nitrogen and oxygen atoms in total. The van der Waals surface area contributed by atoms with Crippen molar-refractivity contribution in [3.63, 3.8) is 0 Å². The van der Waals surface area contributed by atoms with E-state index >= 15 is 0 Å². The molecular weight excluding hydrogens is 460 g/mol. The Balaban J connectivity index is 1.66. The summed E-state index contributed by atoms with van der Waals surface area (Å²) in [6.07, 6.45) is 3.11. The first-order valence-corrected chi connectivity index (χ1v) is 11.7. The van der Waals surface area contributed by atoms with Gasteiger partial charge in [-0.15, -0.1) is 0 Å². The molecule has 1 atom stereocenters. The van der Waals surface area contributed by atoms with Crippen LogP contribution in [0.15, 0.2) is 66.9 Å². The van der Waals surface area contributed by atoms with Gasteiger partial charge >= 0.3 is 0 Å². The van der Waals surface area contributed by atoms with Crippen molar-refractivity contribution in [2.45, 2.75) is 18.9 Å². The first-order valence-electron chi connectivity index (χ1n) is 11.3. The first kappa shape index (κ1) is 24.1. The van der Waals surface area contributed by atoms with E-state index in [0.29, 0.717) is 23.6 Å². The van der Waals surface area contributed by atoms with Crippen LogP contribution < -0.4 is 10.1 Å². The molecule has 8 heteroatoms. The van der Waals surface area contributed by atoms with Gasteiger partial charge in [0.2, 0.25) is 5.91 Å². The molecule has 3 aromatic rings. The number of nitrogens with zero attached hydrogens (tertiary/aromatic N) is 2. The lowest BCUT2D eigenvalue weighted by Gasteiger charge is -2.35. The molecule has 0 radical (unpaired) electrons. The van der Waals surface area contributed by atoms with E-state index in [9.17, 15) is 13.6 Å². The second-order valence-corrected chi connectivity index (χ2v) is 8.60. The molecule has 0 unspecified atom stereocenters. The maximum atomic E-state index is 14.1. The van der Waals surface area contributed by atoms with Crippen LogP contribution in [0.3, 0.4) is 0 Å². The van der Waals surface area contributed by atoms with E-state index in [1.54, 1.807) is 23.2 Å². The van der Waals surface area contributed by atoms with Gasteiger partial charge in [-0.05, 0) is 67.9 Å². The number of para-hydroxylation sites is 1. The second kappa shape index (κ2) is 11.4. The van der Waals surface area contributed by atoms with Crippen molar-refractivity contribution in [3.05, 3.63) is 94.8 Å². The topological polar surface area (TPSA) is 54.5 Å². The second-order valence-electron chi connectivity index (χ2n) is 8.16. The highest BCUT2D eigenvalue weighted by atomic mass is 35.5. The van der Waals surface area contributed by atoms with Gasteiger partial charge in [0.05, 0.1) is 18.3 Å². The number of nitrogens with one attached hydrogen (secondary N) is 1. The fourth-order valence-corrected chi connectivity index (χ4v) is 4.36. The van der Waals surface area contributed by atoms with E-state index in [-0.39, 0.29) is 25.0 Å². The van der Waals surface area contributed by atoms with Crippen LogP contribution in [0.2, 0.25) is 5.02 Å². The summed E-state index contributed by atoms with van der Waals surface area (Å²) in [6, 6.07) is 15.9. The summed E-state index contributed by atoms with van der Waals surface area (Å²) in [4.78, 5) is 20.0. The van der Waals surface area contributed by atoms with E-state index in [2.05, 4.69) is 10.3 Å². The van der Waals surface area contributed by atoms with Gasteiger partial charge < -0.3 is 15.0 Å². The largest absolute Gasteiger partial charge is 0.486 e. The van der Waals surface area contributed by atoms with Gasteiger partial charge in [-0.1, -0.05) is 35.9 Å². The van der Waals surface area contributed by atoms with Crippen molar-refractivity contribution >= 4 is 17.5 Å². The fraction of sp³-hybridized carbons (Fsp3) is 0.308. The average molecular weight is 486 g/mol. The molecule has 1 amide bonds. The smallest absolute Gasteiger partial charge is 0.226 e. The highest BCUT2D eigenvalue weighted by Gasteiger charge is 2.33. The lowest BCUT2D eigenvalue weighted by atomic mass is 9.93. The van der Waals surface area contributed by atoms with Crippen LogP contribution in [-0.2, 0) is 4.79 Å². The molecule has 0 aliphatic carbocycles. The van der Waals surface area contributed by atoms with E-state index in [1.807, 2.05) is 30.3 Å². The third-order valence-corrected chi connectivity index (χ3v) is 6.19. The molecule has 1 aliphatic rings. The van der Waals surface area contributed by atoms with Crippen molar-refractivity contribution in [3.8, 4) is 5.75 Å². The molecule has 1 saturated heterocycles. The highest BCUT2D eigenvalue weighted by Crippen LogP contribution is 2.31. The molecule has 178 valence electrons. The maximum absolute atomic E-state index is 14.1. The summed E-state index contributed by atoms with van der Waals surface area (Å²) in [5, 5.41) is 3.86. The zero-order chi connectivity index (χ0) is 23.9. The number of benzene rings is 2. The molecule has 4 rings (SSSR count). The highest BCUT2D eigenvalue weighted by molar-refractivity contribution is 6.30. The van der Waals surface area contributed by atoms with Crippen LogP contribution in [0.1, 0.15) is 30.1 Å². The molecule has 1 fully saturated rings. The third kappa shape index (κ3) is 5.72. The Kier molecular flexibility index (Phi) is 8.08. The molecule has 34 heavy (non-hydrogen) atoms. The van der Waals surface area contributed by atoms with Crippen molar-refractivity contribution in [2.24, 2.45) is 5.92 Å². The number of aromatic nitrogens is 1. The zero-order valence-electron chi connectivity index (χ0n) is 18.6. The minimum atomic E-state index is -0.782. The number of piperidine rings is 1. The lowest BCUT2D eigenvalue weighted by molar-refractivity contribution is -0.138. The number of rotatable bonds is 8. The Morgan fingerprint density at radius 2 is 1.76 bits per heavy atom. The molecule has 2 aromatic carbocycles. The zero-order valence-corrected chi connectivity index (χ0v) is 19.3. The van der Waals surface area contributed by atoms with Crippen molar-refractivity contribution in [2.75, 3.05) is 26.2 Å². The van der Waals surface area contributed by atoms with Gasteiger partial charge in [0.25, 0.3) is 0 Å². The standard InChI is InChI=1S/C26H26ClF2N3O2/c27-20-9-7-18(8-10-20)24(23-6-1-2-13-31-23)32(26(33)19-11-14-30-15-12-19)16-17-34-25-21(28)4-3-5-22(25)29/h1-10,13,19,24,30H,11-12,14-17H2/t24-/m1/s1. The van der Waals surface area contributed by atoms with Crippen molar-refractivity contribution < 1.29 is 18.3 Å². The molecule has 0 spiro atoms. The summed E-state index contributed by atoms with van der Waals surface area (Å²) >= 11 is 6.11. The number of carbonyl (C=O) groups excluding carboxylic acids is 1. The predicted octanol–water partition coefficient (Wildman–Crippen LogP) is 5.01. The van der Waals surface area contributed by atoms with Crippen molar-refractivity contribution in [1.82, 2.24) is 15.2 Å². The van der Waals surface area contributed by atoms with E-state index in [1.165, 1.54) is 6.07 Å². The summed E-state index contributed by atoms with van der Waals surface area (Å²) in [7, 11) is 0. The normalized spacial score (nSPS) is 15.0. The molecule has 1 N–H and O–H groups in total. The van der Waals surface area contributed by atoms with Gasteiger partial charge in [0.1, 0.15) is 6.61 Å². The Morgan fingerprint density at radius 1 is 1.06 bits per heavy atom. The minimum Gasteiger partial charge on any atom is -0.486 e. The van der Waals surface area contributed by atoms with Gasteiger partial charge in [0, 0.05) is 17.1 Å². The molecule has 0 bridgehead atoms. The Bertz CT molecular complexity index is 1070. The average Bonchev–Trinajstić information content (AvgIpc) is 2.87. The van der Waals surface area contributed by atoms with E-state index < -0.39 is 23.4 Å². The quantitative estimate of drug-likeness (QED) is 0.487. The van der Waals surface area contributed by atoms with Gasteiger partial charge in [-0.3, -0.25) is 9.78 Å². The number of hydrogen-bond acceptors (Lipinski definition) is 4.